The summed E-state index contributed by atoms with van der Waals surface area (Å²) in [7, 11) is 0. The Labute approximate surface area is 140 Å². The van der Waals surface area contributed by atoms with E-state index in [4.69, 9.17) is 0 Å². The predicted octanol–water partition coefficient (Wildman–Crippen LogP) is 3.16. The third-order valence-corrected chi connectivity index (χ3v) is 3.11. The molecule has 2 aromatic carbocycles. The average Bonchev–Trinajstić information content (AvgIpc) is 2.45. The Bertz CT molecular complexity index is 766. The van der Waals surface area contributed by atoms with Crippen molar-refractivity contribution in [1.82, 2.24) is 0 Å². The monoisotopic (exact) mass is 325 g/mol. The number of hydrogen-bond donors (Lipinski definition) is 3. The molecule has 6 nitrogen and oxygen atoms in total. The minimum atomic E-state index is -0.334. The molecule has 0 aromatic heterocycles. The molecule has 0 unspecified atom stereocenters. The Morgan fingerprint density at radius 2 is 1.33 bits per heavy atom. The smallest absolute Gasteiger partial charge is 0.255 e. The molecular weight excluding hydrogens is 306 g/mol. The molecule has 0 atom stereocenters. The van der Waals surface area contributed by atoms with Crippen LogP contribution in [-0.4, -0.2) is 17.7 Å². The van der Waals surface area contributed by atoms with Crippen molar-refractivity contribution >= 4 is 34.8 Å². The molecule has 124 valence electrons. The molecule has 0 saturated carbocycles. The van der Waals surface area contributed by atoms with Crippen molar-refractivity contribution in [3.8, 4) is 0 Å². The lowest BCUT2D eigenvalue weighted by Crippen LogP contribution is -2.15. The number of anilines is 3. The van der Waals surface area contributed by atoms with Crippen LogP contribution in [0.15, 0.2) is 42.5 Å². The van der Waals surface area contributed by atoms with Crippen LogP contribution in [-0.2, 0) is 9.59 Å². The summed E-state index contributed by atoms with van der Waals surface area (Å²) in [6.45, 7) is 4.68. The third kappa shape index (κ3) is 4.95. The highest BCUT2D eigenvalue weighted by Gasteiger charge is 2.11. The van der Waals surface area contributed by atoms with E-state index in [1.165, 1.54) is 13.8 Å². The van der Waals surface area contributed by atoms with Gasteiger partial charge in [0.1, 0.15) is 0 Å². The maximum Gasteiger partial charge on any atom is 0.255 e. The summed E-state index contributed by atoms with van der Waals surface area (Å²) in [5.74, 6) is -0.862. The van der Waals surface area contributed by atoms with E-state index in [0.29, 0.717) is 22.6 Å². The Balaban J connectivity index is 2.30. The molecule has 0 heterocycles. The first-order valence-corrected chi connectivity index (χ1v) is 7.42. The van der Waals surface area contributed by atoms with Gasteiger partial charge < -0.3 is 16.0 Å². The molecule has 24 heavy (non-hydrogen) atoms. The lowest BCUT2D eigenvalue weighted by molar-refractivity contribution is -0.115. The van der Waals surface area contributed by atoms with Crippen molar-refractivity contribution in [3.05, 3.63) is 53.6 Å². The van der Waals surface area contributed by atoms with E-state index < -0.39 is 0 Å². The number of nitrogens with one attached hydrogen (secondary N) is 3. The molecule has 0 aliphatic heterocycles. The Morgan fingerprint density at radius 1 is 0.750 bits per heavy atom. The molecule has 0 bridgehead atoms. The largest absolute Gasteiger partial charge is 0.326 e. The average molecular weight is 325 g/mol. The van der Waals surface area contributed by atoms with Gasteiger partial charge in [0, 0.05) is 36.5 Å². The quantitative estimate of drug-likeness (QED) is 0.807. The standard InChI is InChI=1S/C18H19N3O3/c1-11-5-4-6-15(7-11)21-18(24)14-8-16(19-12(2)22)10-17(9-14)20-13(3)23/h4-10H,1-3H3,(H,19,22)(H,20,23)(H,21,24). The second-order valence-electron chi connectivity index (χ2n) is 5.49. The van der Waals surface area contributed by atoms with Gasteiger partial charge in [0.2, 0.25) is 11.8 Å². The zero-order chi connectivity index (χ0) is 17.7. The normalized spacial score (nSPS) is 9.96. The van der Waals surface area contributed by atoms with Crippen molar-refractivity contribution in [2.45, 2.75) is 20.8 Å². The molecule has 3 amide bonds. The molecule has 3 N–H and O–H groups in total. The Hall–Kier alpha value is -3.15. The molecule has 6 heteroatoms. The van der Waals surface area contributed by atoms with Gasteiger partial charge in [-0.3, -0.25) is 14.4 Å². The van der Waals surface area contributed by atoms with Crippen LogP contribution in [0.4, 0.5) is 17.1 Å². The first kappa shape index (κ1) is 17.2. The number of rotatable bonds is 4. The third-order valence-electron chi connectivity index (χ3n) is 3.11. The van der Waals surface area contributed by atoms with Crippen LogP contribution in [0.3, 0.4) is 0 Å². The van der Waals surface area contributed by atoms with Crippen molar-refractivity contribution in [1.29, 1.82) is 0 Å². The highest BCUT2D eigenvalue weighted by atomic mass is 16.2. The number of benzene rings is 2. The summed E-state index contributed by atoms with van der Waals surface area (Å²) >= 11 is 0. The van der Waals surface area contributed by atoms with Gasteiger partial charge in [0.25, 0.3) is 5.91 Å². The molecule has 0 aliphatic rings. The molecule has 2 rings (SSSR count). The fourth-order valence-corrected chi connectivity index (χ4v) is 2.24. The topological polar surface area (TPSA) is 87.3 Å². The van der Waals surface area contributed by atoms with Gasteiger partial charge in [-0.2, -0.15) is 0 Å². The van der Waals surface area contributed by atoms with E-state index in [9.17, 15) is 14.4 Å². The van der Waals surface area contributed by atoms with Crippen molar-refractivity contribution in [2.24, 2.45) is 0 Å². The molecule has 0 fully saturated rings. The molecule has 0 saturated heterocycles. The maximum atomic E-state index is 12.5. The fourth-order valence-electron chi connectivity index (χ4n) is 2.24. The Morgan fingerprint density at radius 3 is 1.83 bits per heavy atom. The number of hydrogen-bond acceptors (Lipinski definition) is 3. The van der Waals surface area contributed by atoms with Crippen LogP contribution >= 0.6 is 0 Å². The fraction of sp³-hybridized carbons (Fsp3) is 0.167. The SMILES string of the molecule is CC(=O)Nc1cc(NC(C)=O)cc(C(=O)Nc2cccc(C)c2)c1. The molecule has 0 aliphatic carbocycles. The molecular formula is C18H19N3O3. The van der Waals surface area contributed by atoms with Crippen molar-refractivity contribution in [2.75, 3.05) is 16.0 Å². The number of aryl methyl sites for hydroxylation is 1. The van der Waals surface area contributed by atoms with E-state index in [0.717, 1.165) is 5.56 Å². The summed E-state index contributed by atoms with van der Waals surface area (Å²) in [5, 5.41) is 8.03. The zero-order valence-corrected chi connectivity index (χ0v) is 13.8. The van der Waals surface area contributed by atoms with Crippen molar-refractivity contribution < 1.29 is 14.4 Å². The first-order chi connectivity index (χ1) is 11.3. The van der Waals surface area contributed by atoms with Crippen LogP contribution in [0.1, 0.15) is 29.8 Å². The second kappa shape index (κ2) is 7.41. The summed E-state index contributed by atoms with van der Waals surface area (Å²) in [6, 6.07) is 12.1. The van der Waals surface area contributed by atoms with Crippen LogP contribution in [0, 0.1) is 6.92 Å². The van der Waals surface area contributed by atoms with Gasteiger partial charge in [-0.1, -0.05) is 12.1 Å². The van der Waals surface area contributed by atoms with E-state index >= 15 is 0 Å². The molecule has 0 spiro atoms. The summed E-state index contributed by atoms with van der Waals surface area (Å²) < 4.78 is 0. The Kier molecular flexibility index (Phi) is 5.31. The van der Waals surface area contributed by atoms with Gasteiger partial charge in [0.05, 0.1) is 0 Å². The minimum Gasteiger partial charge on any atom is -0.326 e. The van der Waals surface area contributed by atoms with Crippen LogP contribution in [0.2, 0.25) is 0 Å². The van der Waals surface area contributed by atoms with Gasteiger partial charge in [-0.15, -0.1) is 0 Å². The number of amides is 3. The van der Waals surface area contributed by atoms with Crippen LogP contribution in [0.5, 0.6) is 0 Å². The van der Waals surface area contributed by atoms with E-state index in [1.807, 2.05) is 25.1 Å². The summed E-state index contributed by atoms with van der Waals surface area (Å²) in [5.41, 5.74) is 2.89. The second-order valence-corrected chi connectivity index (χ2v) is 5.49. The molecule has 0 radical (unpaired) electrons. The van der Waals surface area contributed by atoms with Crippen LogP contribution < -0.4 is 16.0 Å². The first-order valence-electron chi connectivity index (χ1n) is 7.42. The zero-order valence-electron chi connectivity index (χ0n) is 13.8. The molecule has 2 aromatic rings. The lowest BCUT2D eigenvalue weighted by Gasteiger charge is -2.11. The highest BCUT2D eigenvalue weighted by Crippen LogP contribution is 2.21. The van der Waals surface area contributed by atoms with Crippen LogP contribution in [0.25, 0.3) is 0 Å². The van der Waals surface area contributed by atoms with Crippen molar-refractivity contribution in [3.63, 3.8) is 0 Å². The van der Waals surface area contributed by atoms with E-state index in [1.54, 1.807) is 24.3 Å². The predicted molar refractivity (Wildman–Crippen MR) is 94.2 cm³/mol. The number of carbonyl (C=O) groups is 3. The maximum absolute atomic E-state index is 12.5. The highest BCUT2D eigenvalue weighted by molar-refractivity contribution is 6.06. The number of carbonyl (C=O) groups excluding carboxylic acids is 3. The van der Waals surface area contributed by atoms with Gasteiger partial charge >= 0.3 is 0 Å². The summed E-state index contributed by atoms with van der Waals surface area (Å²) in [6.07, 6.45) is 0. The van der Waals surface area contributed by atoms with Gasteiger partial charge in [-0.25, -0.2) is 0 Å². The van der Waals surface area contributed by atoms with E-state index in [2.05, 4.69) is 16.0 Å². The lowest BCUT2D eigenvalue weighted by atomic mass is 10.1. The minimum absolute atomic E-state index is 0.264. The van der Waals surface area contributed by atoms with Gasteiger partial charge in [-0.05, 0) is 42.8 Å². The van der Waals surface area contributed by atoms with E-state index in [-0.39, 0.29) is 17.7 Å². The van der Waals surface area contributed by atoms with Gasteiger partial charge in [0.15, 0.2) is 0 Å². The summed E-state index contributed by atoms with van der Waals surface area (Å²) in [4.78, 5) is 35.0.